The lowest BCUT2D eigenvalue weighted by Gasteiger charge is -2.29. The van der Waals surface area contributed by atoms with Crippen molar-refractivity contribution in [1.29, 1.82) is 0 Å². The van der Waals surface area contributed by atoms with Gasteiger partial charge in [0, 0.05) is 17.3 Å². The number of fused-ring (bicyclic) bond motifs is 1. The molecule has 1 aliphatic carbocycles. The predicted octanol–water partition coefficient (Wildman–Crippen LogP) is 3.34. The minimum absolute atomic E-state index is 0.0371. The van der Waals surface area contributed by atoms with Gasteiger partial charge in [0.15, 0.2) is 5.16 Å². The molecular formula is C20H19N5O2S2. The van der Waals surface area contributed by atoms with Gasteiger partial charge in [-0.3, -0.25) is 9.59 Å². The van der Waals surface area contributed by atoms with Crippen LogP contribution in [0.2, 0.25) is 0 Å². The molecule has 7 nitrogen and oxygen atoms in total. The highest BCUT2D eigenvalue weighted by molar-refractivity contribution is 7.99. The van der Waals surface area contributed by atoms with Gasteiger partial charge in [0.1, 0.15) is 12.4 Å². The van der Waals surface area contributed by atoms with Crippen LogP contribution < -0.4 is 10.2 Å². The second-order valence-corrected chi connectivity index (χ2v) is 9.06. The first-order chi connectivity index (χ1) is 14.2. The maximum atomic E-state index is 12.9. The number of rotatable bonds is 6. The van der Waals surface area contributed by atoms with Gasteiger partial charge >= 0.3 is 0 Å². The van der Waals surface area contributed by atoms with Gasteiger partial charge in [-0.15, -0.1) is 21.5 Å². The second kappa shape index (κ2) is 7.64. The molecule has 148 valence electrons. The molecule has 1 aromatic carbocycles. The molecule has 1 aliphatic heterocycles. The zero-order chi connectivity index (χ0) is 19.8. The Morgan fingerprint density at radius 2 is 2.07 bits per heavy atom. The highest BCUT2D eigenvalue weighted by atomic mass is 32.2. The van der Waals surface area contributed by atoms with E-state index in [4.69, 9.17) is 0 Å². The van der Waals surface area contributed by atoms with Gasteiger partial charge in [-0.2, -0.15) is 0 Å². The molecule has 2 aromatic heterocycles. The van der Waals surface area contributed by atoms with Crippen molar-refractivity contribution in [2.75, 3.05) is 22.5 Å². The van der Waals surface area contributed by atoms with E-state index < -0.39 is 0 Å². The molecule has 0 atom stereocenters. The Morgan fingerprint density at radius 3 is 2.86 bits per heavy atom. The quantitative estimate of drug-likeness (QED) is 0.613. The monoisotopic (exact) mass is 425 g/mol. The summed E-state index contributed by atoms with van der Waals surface area (Å²) in [7, 11) is 0. The molecule has 0 bridgehead atoms. The molecular weight excluding hydrogens is 406 g/mol. The molecule has 0 saturated heterocycles. The van der Waals surface area contributed by atoms with Gasteiger partial charge in [0.05, 0.1) is 17.1 Å². The Kier molecular flexibility index (Phi) is 4.84. The Morgan fingerprint density at radius 1 is 1.21 bits per heavy atom. The third kappa shape index (κ3) is 3.79. The SMILES string of the molecule is O=C1CN(C(=O)CSc2nnc(Cc3cccs3)n2C2CC2)c2ccccc2N1. The largest absolute Gasteiger partial charge is 0.323 e. The zero-order valence-electron chi connectivity index (χ0n) is 15.6. The number of aromatic nitrogens is 3. The van der Waals surface area contributed by atoms with Crippen LogP contribution >= 0.6 is 23.1 Å². The van der Waals surface area contributed by atoms with Crippen molar-refractivity contribution in [2.45, 2.75) is 30.5 Å². The van der Waals surface area contributed by atoms with Crippen LogP contribution in [-0.4, -0.2) is 38.9 Å². The standard InChI is InChI=1S/C20H19N5O2S2/c26-18-11-24(16-6-2-1-5-15(16)21-18)19(27)12-29-20-23-22-17(25(20)13-7-8-13)10-14-4-3-9-28-14/h1-6,9,13H,7-8,10-12H2,(H,21,26). The van der Waals surface area contributed by atoms with E-state index in [1.54, 1.807) is 22.3 Å². The summed E-state index contributed by atoms with van der Waals surface area (Å²) in [5.41, 5.74) is 1.40. The third-order valence-corrected chi connectivity index (χ3v) is 6.76. The van der Waals surface area contributed by atoms with Crippen molar-refractivity contribution < 1.29 is 9.59 Å². The molecule has 1 N–H and O–H groups in total. The number of hydrogen-bond donors (Lipinski definition) is 1. The van der Waals surface area contributed by atoms with Crippen LogP contribution in [0.5, 0.6) is 0 Å². The summed E-state index contributed by atoms with van der Waals surface area (Å²) < 4.78 is 2.19. The van der Waals surface area contributed by atoms with Gasteiger partial charge in [-0.25, -0.2) is 0 Å². The lowest BCUT2D eigenvalue weighted by atomic mass is 10.2. The van der Waals surface area contributed by atoms with Crippen LogP contribution in [0.1, 0.15) is 29.6 Å². The van der Waals surface area contributed by atoms with E-state index in [1.165, 1.54) is 16.6 Å². The normalized spacial score (nSPS) is 15.9. The Balaban J connectivity index is 1.32. The first kappa shape index (κ1) is 18.4. The van der Waals surface area contributed by atoms with Crippen LogP contribution in [0.3, 0.4) is 0 Å². The molecule has 29 heavy (non-hydrogen) atoms. The molecule has 1 fully saturated rings. The zero-order valence-corrected chi connectivity index (χ0v) is 17.2. The summed E-state index contributed by atoms with van der Waals surface area (Å²) in [6, 6.07) is 11.9. The van der Waals surface area contributed by atoms with Crippen LogP contribution in [-0.2, 0) is 16.0 Å². The van der Waals surface area contributed by atoms with E-state index in [9.17, 15) is 9.59 Å². The summed E-state index contributed by atoms with van der Waals surface area (Å²) in [5, 5.41) is 14.4. The van der Waals surface area contributed by atoms with Crippen molar-refractivity contribution in [3.05, 3.63) is 52.5 Å². The van der Waals surface area contributed by atoms with Crippen LogP contribution in [0.15, 0.2) is 46.9 Å². The summed E-state index contributed by atoms with van der Waals surface area (Å²) >= 11 is 3.11. The first-order valence-electron chi connectivity index (χ1n) is 9.47. The van der Waals surface area contributed by atoms with Crippen molar-refractivity contribution in [2.24, 2.45) is 0 Å². The fourth-order valence-electron chi connectivity index (χ4n) is 3.45. The molecule has 2 aliphatic rings. The van der Waals surface area contributed by atoms with Crippen molar-refractivity contribution in [3.8, 4) is 0 Å². The molecule has 5 rings (SSSR count). The number of carbonyl (C=O) groups is 2. The van der Waals surface area contributed by atoms with E-state index in [-0.39, 0.29) is 24.1 Å². The van der Waals surface area contributed by atoms with Crippen molar-refractivity contribution in [1.82, 2.24) is 14.8 Å². The topological polar surface area (TPSA) is 80.1 Å². The Hall–Kier alpha value is -2.65. The van der Waals surface area contributed by atoms with Crippen LogP contribution in [0.4, 0.5) is 11.4 Å². The lowest BCUT2D eigenvalue weighted by molar-refractivity contribution is -0.120. The van der Waals surface area contributed by atoms with E-state index in [0.717, 1.165) is 35.9 Å². The summed E-state index contributed by atoms with van der Waals surface area (Å²) in [4.78, 5) is 27.7. The Bertz CT molecular complexity index is 1060. The maximum absolute atomic E-state index is 12.9. The van der Waals surface area contributed by atoms with Gasteiger partial charge in [0.25, 0.3) is 0 Å². The highest BCUT2D eigenvalue weighted by Gasteiger charge is 2.31. The summed E-state index contributed by atoms with van der Waals surface area (Å²) in [6.07, 6.45) is 3.00. The van der Waals surface area contributed by atoms with E-state index in [0.29, 0.717) is 11.7 Å². The fourth-order valence-corrected chi connectivity index (χ4v) is 5.06. The molecule has 0 spiro atoms. The predicted molar refractivity (Wildman–Crippen MR) is 114 cm³/mol. The summed E-state index contributed by atoms with van der Waals surface area (Å²) in [5.74, 6) is 0.877. The highest BCUT2D eigenvalue weighted by Crippen LogP contribution is 2.39. The maximum Gasteiger partial charge on any atom is 0.244 e. The number of para-hydroxylation sites is 2. The van der Waals surface area contributed by atoms with Gasteiger partial charge < -0.3 is 14.8 Å². The third-order valence-electron chi connectivity index (χ3n) is 4.96. The molecule has 3 aromatic rings. The minimum Gasteiger partial charge on any atom is -0.323 e. The molecule has 0 unspecified atom stereocenters. The van der Waals surface area contributed by atoms with Crippen LogP contribution in [0, 0.1) is 0 Å². The summed E-state index contributed by atoms with van der Waals surface area (Å²) in [6.45, 7) is 0.0371. The fraction of sp³-hybridized carbons (Fsp3) is 0.300. The van der Waals surface area contributed by atoms with Gasteiger partial charge in [0.2, 0.25) is 11.8 Å². The number of carbonyl (C=O) groups excluding carboxylic acids is 2. The average Bonchev–Trinajstić information content (AvgIpc) is 3.28. The molecule has 0 radical (unpaired) electrons. The number of nitrogens with zero attached hydrogens (tertiary/aromatic N) is 4. The number of benzene rings is 1. The van der Waals surface area contributed by atoms with Crippen LogP contribution in [0.25, 0.3) is 0 Å². The van der Waals surface area contributed by atoms with Crippen molar-refractivity contribution in [3.63, 3.8) is 0 Å². The molecule has 1 saturated carbocycles. The lowest BCUT2D eigenvalue weighted by Crippen LogP contribution is -2.43. The molecule has 9 heteroatoms. The number of thiophene rings is 1. The second-order valence-electron chi connectivity index (χ2n) is 7.09. The average molecular weight is 426 g/mol. The molecule has 3 heterocycles. The van der Waals surface area contributed by atoms with Crippen molar-refractivity contribution >= 4 is 46.3 Å². The van der Waals surface area contributed by atoms with Gasteiger partial charge in [-0.1, -0.05) is 30.0 Å². The van der Waals surface area contributed by atoms with E-state index in [1.807, 2.05) is 24.3 Å². The minimum atomic E-state index is -0.179. The first-order valence-corrected chi connectivity index (χ1v) is 11.3. The number of nitrogens with one attached hydrogen (secondary N) is 1. The molecule has 2 amide bonds. The number of hydrogen-bond acceptors (Lipinski definition) is 6. The number of anilines is 2. The number of amides is 2. The number of thioether (sulfide) groups is 1. The Labute approximate surface area is 176 Å². The van der Waals surface area contributed by atoms with E-state index >= 15 is 0 Å². The smallest absolute Gasteiger partial charge is 0.244 e. The van der Waals surface area contributed by atoms with E-state index in [2.05, 4.69) is 31.5 Å². The van der Waals surface area contributed by atoms with Gasteiger partial charge in [-0.05, 0) is 36.4 Å².